The van der Waals surface area contributed by atoms with Crippen molar-refractivity contribution in [3.63, 3.8) is 0 Å². The summed E-state index contributed by atoms with van der Waals surface area (Å²) < 4.78 is 5.54. The van der Waals surface area contributed by atoms with Crippen LogP contribution >= 0.6 is 11.6 Å². The van der Waals surface area contributed by atoms with E-state index in [2.05, 4.69) is 4.99 Å². The minimum Gasteiger partial charge on any atom is -0.474 e. The Morgan fingerprint density at radius 3 is 2.73 bits per heavy atom. The smallest absolute Gasteiger partial charge is 0.188 e. The molecular formula is C11H13ClN2O. The fourth-order valence-electron chi connectivity index (χ4n) is 1.47. The van der Waals surface area contributed by atoms with Gasteiger partial charge in [-0.3, -0.25) is 4.99 Å². The van der Waals surface area contributed by atoms with E-state index in [0.717, 1.165) is 16.5 Å². The summed E-state index contributed by atoms with van der Waals surface area (Å²) in [5.74, 6) is 0.771. The van der Waals surface area contributed by atoms with E-state index in [1.807, 2.05) is 24.3 Å². The normalized spacial score (nSPS) is 19.9. The van der Waals surface area contributed by atoms with E-state index in [4.69, 9.17) is 22.1 Å². The summed E-state index contributed by atoms with van der Waals surface area (Å²) in [5, 5.41) is 0.743. The summed E-state index contributed by atoms with van der Waals surface area (Å²) in [6.45, 7) is 1.20. The molecular weight excluding hydrogens is 212 g/mol. The fraction of sp³-hybridized carbons (Fsp3) is 0.364. The summed E-state index contributed by atoms with van der Waals surface area (Å²) in [6, 6.07) is 7.69. The first-order valence-electron chi connectivity index (χ1n) is 4.92. The second kappa shape index (κ2) is 4.64. The largest absolute Gasteiger partial charge is 0.474 e. The number of rotatable bonds is 3. The first kappa shape index (κ1) is 10.5. The molecule has 0 saturated heterocycles. The zero-order valence-corrected chi connectivity index (χ0v) is 9.07. The van der Waals surface area contributed by atoms with Crippen LogP contribution in [0.15, 0.2) is 29.3 Å². The highest BCUT2D eigenvalue weighted by Crippen LogP contribution is 2.13. The van der Waals surface area contributed by atoms with Gasteiger partial charge < -0.3 is 10.5 Å². The number of benzene rings is 1. The van der Waals surface area contributed by atoms with Gasteiger partial charge in [-0.25, -0.2) is 0 Å². The molecule has 4 heteroatoms. The lowest BCUT2D eigenvalue weighted by atomic mass is 10.1. The first-order valence-corrected chi connectivity index (χ1v) is 5.30. The molecule has 1 aliphatic rings. The van der Waals surface area contributed by atoms with Gasteiger partial charge in [0.05, 0.1) is 6.54 Å². The zero-order chi connectivity index (χ0) is 10.7. The maximum Gasteiger partial charge on any atom is 0.188 e. The lowest BCUT2D eigenvalue weighted by Gasteiger charge is -2.08. The lowest BCUT2D eigenvalue weighted by Crippen LogP contribution is -2.24. The van der Waals surface area contributed by atoms with Crippen LogP contribution in [0, 0.1) is 0 Å². The number of nitrogens with two attached hydrogens (primary N) is 1. The fourth-order valence-corrected chi connectivity index (χ4v) is 1.59. The molecule has 15 heavy (non-hydrogen) atoms. The molecule has 1 aromatic rings. The quantitative estimate of drug-likeness (QED) is 0.849. The van der Waals surface area contributed by atoms with Crippen LogP contribution in [-0.4, -0.2) is 25.1 Å². The van der Waals surface area contributed by atoms with Crippen LogP contribution < -0.4 is 5.73 Å². The molecule has 0 amide bonds. The minimum atomic E-state index is 0.0623. The van der Waals surface area contributed by atoms with Gasteiger partial charge in [0.1, 0.15) is 6.10 Å². The summed E-state index contributed by atoms with van der Waals surface area (Å²) in [7, 11) is 0. The van der Waals surface area contributed by atoms with Gasteiger partial charge in [-0.15, -0.1) is 0 Å². The van der Waals surface area contributed by atoms with Crippen molar-refractivity contribution in [1.29, 1.82) is 0 Å². The lowest BCUT2D eigenvalue weighted by molar-refractivity contribution is 0.228. The topological polar surface area (TPSA) is 47.6 Å². The third kappa shape index (κ3) is 2.70. The van der Waals surface area contributed by atoms with Crippen molar-refractivity contribution in [3.8, 4) is 0 Å². The van der Waals surface area contributed by atoms with Crippen LogP contribution in [-0.2, 0) is 11.2 Å². The van der Waals surface area contributed by atoms with Gasteiger partial charge in [0, 0.05) is 18.0 Å². The molecule has 1 heterocycles. The third-order valence-electron chi connectivity index (χ3n) is 2.31. The molecule has 0 radical (unpaired) electrons. The number of halogens is 1. The summed E-state index contributed by atoms with van der Waals surface area (Å²) in [5.41, 5.74) is 6.64. The highest BCUT2D eigenvalue weighted by Gasteiger charge is 2.17. The van der Waals surface area contributed by atoms with Crippen LogP contribution in [0.5, 0.6) is 0 Å². The molecule has 80 valence electrons. The molecule has 1 aromatic carbocycles. The molecule has 1 atom stereocenters. The monoisotopic (exact) mass is 224 g/mol. The standard InChI is InChI=1S/C11H13ClN2O/c12-9-3-1-8(2-4-9)5-11-14-7-10(6-13)15-11/h1-4,10H,5-7,13H2. The number of ether oxygens (including phenoxy) is 1. The number of hydrogen-bond donors (Lipinski definition) is 1. The van der Waals surface area contributed by atoms with Gasteiger partial charge in [0.2, 0.25) is 0 Å². The molecule has 0 aromatic heterocycles. The van der Waals surface area contributed by atoms with E-state index in [-0.39, 0.29) is 6.10 Å². The molecule has 3 nitrogen and oxygen atoms in total. The highest BCUT2D eigenvalue weighted by molar-refractivity contribution is 6.30. The van der Waals surface area contributed by atoms with Crippen LogP contribution in [0.4, 0.5) is 0 Å². The van der Waals surface area contributed by atoms with E-state index < -0.39 is 0 Å². The summed E-state index contributed by atoms with van der Waals surface area (Å²) >= 11 is 5.80. The van der Waals surface area contributed by atoms with Crippen LogP contribution in [0.3, 0.4) is 0 Å². The Labute approximate surface area is 93.9 Å². The van der Waals surface area contributed by atoms with Gasteiger partial charge in [-0.05, 0) is 17.7 Å². The minimum absolute atomic E-state index is 0.0623. The van der Waals surface area contributed by atoms with Gasteiger partial charge in [-0.1, -0.05) is 23.7 Å². The highest BCUT2D eigenvalue weighted by atomic mass is 35.5. The average Bonchev–Trinajstić information content (AvgIpc) is 2.69. The van der Waals surface area contributed by atoms with Crippen LogP contribution in [0.25, 0.3) is 0 Å². The van der Waals surface area contributed by atoms with E-state index in [0.29, 0.717) is 19.5 Å². The van der Waals surface area contributed by atoms with Crippen molar-refractivity contribution >= 4 is 17.5 Å². The predicted molar refractivity (Wildman–Crippen MR) is 61.4 cm³/mol. The van der Waals surface area contributed by atoms with Gasteiger partial charge in [0.25, 0.3) is 0 Å². The SMILES string of the molecule is NCC1CN=C(Cc2ccc(Cl)cc2)O1. The van der Waals surface area contributed by atoms with Crippen molar-refractivity contribution in [2.75, 3.05) is 13.1 Å². The van der Waals surface area contributed by atoms with Gasteiger partial charge in [-0.2, -0.15) is 0 Å². The molecule has 0 bridgehead atoms. The average molecular weight is 225 g/mol. The van der Waals surface area contributed by atoms with Gasteiger partial charge >= 0.3 is 0 Å². The molecule has 0 fully saturated rings. The Bertz CT molecular complexity index is 361. The predicted octanol–water partition coefficient (Wildman–Crippen LogP) is 1.64. The third-order valence-corrected chi connectivity index (χ3v) is 2.56. The summed E-state index contributed by atoms with van der Waals surface area (Å²) in [6.07, 6.45) is 0.778. The Hall–Kier alpha value is -1.06. The van der Waals surface area contributed by atoms with E-state index in [1.54, 1.807) is 0 Å². The number of aliphatic imine (C=N–C) groups is 1. The zero-order valence-electron chi connectivity index (χ0n) is 8.32. The molecule has 0 saturated carbocycles. The molecule has 2 N–H and O–H groups in total. The van der Waals surface area contributed by atoms with Crippen molar-refractivity contribution < 1.29 is 4.74 Å². The van der Waals surface area contributed by atoms with Crippen LogP contribution in [0.1, 0.15) is 5.56 Å². The number of hydrogen-bond acceptors (Lipinski definition) is 3. The Morgan fingerprint density at radius 2 is 2.13 bits per heavy atom. The molecule has 1 unspecified atom stereocenters. The van der Waals surface area contributed by atoms with E-state index >= 15 is 0 Å². The maximum atomic E-state index is 5.80. The van der Waals surface area contributed by atoms with Crippen LogP contribution in [0.2, 0.25) is 5.02 Å². The Kier molecular flexibility index (Phi) is 3.23. The molecule has 1 aliphatic heterocycles. The molecule has 0 spiro atoms. The second-order valence-corrected chi connectivity index (χ2v) is 3.95. The summed E-state index contributed by atoms with van der Waals surface area (Å²) in [4.78, 5) is 4.29. The van der Waals surface area contributed by atoms with E-state index in [1.165, 1.54) is 0 Å². The van der Waals surface area contributed by atoms with Crippen molar-refractivity contribution in [1.82, 2.24) is 0 Å². The Balaban J connectivity index is 1.95. The molecule has 0 aliphatic carbocycles. The van der Waals surface area contributed by atoms with Crippen molar-refractivity contribution in [3.05, 3.63) is 34.9 Å². The molecule has 2 rings (SSSR count). The number of nitrogens with zero attached hydrogens (tertiary/aromatic N) is 1. The first-order chi connectivity index (χ1) is 7.28. The van der Waals surface area contributed by atoms with E-state index in [9.17, 15) is 0 Å². The maximum absolute atomic E-state index is 5.80. The van der Waals surface area contributed by atoms with Gasteiger partial charge in [0.15, 0.2) is 5.90 Å². The second-order valence-electron chi connectivity index (χ2n) is 3.51. The van der Waals surface area contributed by atoms with Crippen molar-refractivity contribution in [2.24, 2.45) is 10.7 Å². The Morgan fingerprint density at radius 1 is 1.40 bits per heavy atom. The van der Waals surface area contributed by atoms with Crippen molar-refractivity contribution in [2.45, 2.75) is 12.5 Å².